The lowest BCUT2D eigenvalue weighted by molar-refractivity contribution is -0.132. The Bertz CT molecular complexity index is 502. The minimum absolute atomic E-state index is 0.183. The van der Waals surface area contributed by atoms with Gasteiger partial charge < -0.3 is 10.1 Å². The first-order chi connectivity index (χ1) is 9.66. The molecule has 5 heteroatoms. The Hall–Kier alpha value is -1.57. The molecular formula is C15H17ClN2O2. The van der Waals surface area contributed by atoms with Crippen LogP contribution in [-0.4, -0.2) is 25.7 Å². The number of carbonyl (C=O) groups is 1. The molecule has 0 unspecified atom stereocenters. The number of nitrogens with one attached hydrogen (secondary N) is 1. The maximum atomic E-state index is 12.2. The molecule has 1 fully saturated rings. The number of carbonyl (C=O) groups excluding carboxylic acids is 1. The predicted octanol–water partition coefficient (Wildman–Crippen LogP) is 2.32. The number of hydrogen-bond donors (Lipinski definition) is 1. The van der Waals surface area contributed by atoms with Gasteiger partial charge in [-0.25, -0.2) is 0 Å². The first-order valence-electron chi connectivity index (χ1n) is 6.68. The van der Waals surface area contributed by atoms with Crippen molar-refractivity contribution in [1.29, 1.82) is 5.26 Å². The number of hydrogen-bond acceptors (Lipinski definition) is 3. The monoisotopic (exact) mass is 292 g/mol. The van der Waals surface area contributed by atoms with E-state index < -0.39 is 5.41 Å². The minimum atomic E-state index is -0.918. The summed E-state index contributed by atoms with van der Waals surface area (Å²) in [5, 5.41) is 12.8. The van der Waals surface area contributed by atoms with E-state index in [1.807, 2.05) is 24.3 Å². The van der Waals surface area contributed by atoms with E-state index in [9.17, 15) is 10.1 Å². The van der Waals surface area contributed by atoms with Gasteiger partial charge in [0.2, 0.25) is 5.91 Å². The molecule has 4 nitrogen and oxygen atoms in total. The summed E-state index contributed by atoms with van der Waals surface area (Å²) in [4.78, 5) is 12.2. The van der Waals surface area contributed by atoms with Crippen molar-refractivity contribution in [2.45, 2.75) is 19.3 Å². The molecule has 1 aromatic carbocycles. The molecular weight excluding hydrogens is 276 g/mol. The summed E-state index contributed by atoms with van der Waals surface area (Å²) >= 11 is 5.82. The van der Waals surface area contributed by atoms with Gasteiger partial charge in [0.25, 0.3) is 0 Å². The summed E-state index contributed by atoms with van der Waals surface area (Å²) in [5.74, 6) is -0.183. The lowest BCUT2D eigenvalue weighted by atomic mass is 9.81. The van der Waals surface area contributed by atoms with Gasteiger partial charge in [-0.15, -0.1) is 0 Å². The second-order valence-electron chi connectivity index (χ2n) is 4.94. The Morgan fingerprint density at radius 1 is 1.35 bits per heavy atom. The third kappa shape index (κ3) is 3.50. The van der Waals surface area contributed by atoms with Crippen molar-refractivity contribution in [3.05, 3.63) is 34.9 Å². The van der Waals surface area contributed by atoms with Gasteiger partial charge in [0.1, 0.15) is 5.41 Å². The summed E-state index contributed by atoms with van der Waals surface area (Å²) in [6.45, 7) is 1.46. The molecule has 106 valence electrons. The molecule has 1 N–H and O–H groups in total. The van der Waals surface area contributed by atoms with Crippen molar-refractivity contribution in [2.75, 3.05) is 19.8 Å². The lowest BCUT2D eigenvalue weighted by Gasteiger charge is -2.29. The van der Waals surface area contributed by atoms with Crippen LogP contribution in [0.3, 0.4) is 0 Å². The predicted molar refractivity (Wildman–Crippen MR) is 76.3 cm³/mol. The second-order valence-corrected chi connectivity index (χ2v) is 5.38. The molecule has 1 aliphatic heterocycles. The van der Waals surface area contributed by atoms with Crippen LogP contribution in [0.4, 0.5) is 0 Å². The van der Waals surface area contributed by atoms with Gasteiger partial charge in [0, 0.05) is 24.8 Å². The van der Waals surface area contributed by atoms with E-state index >= 15 is 0 Å². The zero-order valence-corrected chi connectivity index (χ0v) is 11.9. The Labute approximate surface area is 123 Å². The molecule has 1 aromatic rings. The Morgan fingerprint density at radius 2 is 2.00 bits per heavy atom. The SMILES string of the molecule is N#CC1(C(=O)NCCc2ccc(Cl)cc2)CCOCC1. The third-order valence-electron chi connectivity index (χ3n) is 3.61. The number of halogens is 1. The molecule has 0 atom stereocenters. The van der Waals surface area contributed by atoms with Crippen LogP contribution >= 0.6 is 11.6 Å². The molecule has 0 spiro atoms. The highest BCUT2D eigenvalue weighted by Gasteiger charge is 2.40. The maximum Gasteiger partial charge on any atom is 0.240 e. The van der Waals surface area contributed by atoms with E-state index in [0.717, 1.165) is 12.0 Å². The fourth-order valence-corrected chi connectivity index (χ4v) is 2.38. The minimum Gasteiger partial charge on any atom is -0.381 e. The molecule has 1 heterocycles. The Balaban J connectivity index is 1.85. The first-order valence-corrected chi connectivity index (χ1v) is 7.06. The van der Waals surface area contributed by atoms with Gasteiger partial charge >= 0.3 is 0 Å². The largest absolute Gasteiger partial charge is 0.381 e. The zero-order valence-electron chi connectivity index (χ0n) is 11.2. The smallest absolute Gasteiger partial charge is 0.240 e. The van der Waals surface area contributed by atoms with E-state index in [-0.39, 0.29) is 5.91 Å². The van der Waals surface area contributed by atoms with Gasteiger partial charge in [-0.05, 0) is 37.0 Å². The van der Waals surface area contributed by atoms with E-state index in [2.05, 4.69) is 11.4 Å². The van der Waals surface area contributed by atoms with Gasteiger partial charge in [-0.1, -0.05) is 23.7 Å². The molecule has 1 aliphatic rings. The maximum absolute atomic E-state index is 12.2. The highest BCUT2D eigenvalue weighted by atomic mass is 35.5. The van der Waals surface area contributed by atoms with E-state index in [4.69, 9.17) is 16.3 Å². The topological polar surface area (TPSA) is 62.1 Å². The summed E-state index contributed by atoms with van der Waals surface area (Å²) in [5.41, 5.74) is 0.186. The normalized spacial score (nSPS) is 17.2. The van der Waals surface area contributed by atoms with Crippen molar-refractivity contribution in [3.63, 3.8) is 0 Å². The zero-order chi connectivity index (χ0) is 14.4. The van der Waals surface area contributed by atoms with Crippen molar-refractivity contribution < 1.29 is 9.53 Å². The summed E-state index contributed by atoms with van der Waals surface area (Å²) < 4.78 is 5.22. The Kier molecular flexibility index (Phi) is 4.99. The van der Waals surface area contributed by atoms with Crippen LogP contribution in [0.25, 0.3) is 0 Å². The van der Waals surface area contributed by atoms with E-state index in [1.54, 1.807) is 0 Å². The number of nitrogens with zero attached hydrogens (tertiary/aromatic N) is 1. The quantitative estimate of drug-likeness (QED) is 0.926. The van der Waals surface area contributed by atoms with Gasteiger partial charge in [-0.3, -0.25) is 4.79 Å². The highest BCUT2D eigenvalue weighted by Crippen LogP contribution is 2.29. The number of nitriles is 1. The molecule has 2 rings (SSSR count). The van der Waals surface area contributed by atoms with Crippen LogP contribution in [-0.2, 0) is 16.0 Å². The molecule has 0 bridgehead atoms. The third-order valence-corrected chi connectivity index (χ3v) is 3.86. The molecule has 0 radical (unpaired) electrons. The molecule has 20 heavy (non-hydrogen) atoms. The average molecular weight is 293 g/mol. The van der Waals surface area contributed by atoms with Crippen LogP contribution in [0.15, 0.2) is 24.3 Å². The molecule has 0 aliphatic carbocycles. The average Bonchev–Trinajstić information content (AvgIpc) is 2.50. The Morgan fingerprint density at radius 3 is 2.60 bits per heavy atom. The number of benzene rings is 1. The van der Waals surface area contributed by atoms with Crippen molar-refractivity contribution >= 4 is 17.5 Å². The molecule has 1 saturated heterocycles. The summed E-state index contributed by atoms with van der Waals surface area (Å²) in [7, 11) is 0. The molecule has 0 saturated carbocycles. The number of ether oxygens (including phenoxy) is 1. The van der Waals surface area contributed by atoms with Crippen LogP contribution < -0.4 is 5.32 Å². The van der Waals surface area contributed by atoms with Crippen LogP contribution in [0.1, 0.15) is 18.4 Å². The number of amides is 1. The standard InChI is InChI=1S/C15H17ClN2O2/c16-13-3-1-12(2-4-13)5-8-18-14(19)15(11-17)6-9-20-10-7-15/h1-4H,5-10H2,(H,18,19). The van der Waals surface area contributed by atoms with Crippen molar-refractivity contribution in [2.24, 2.45) is 5.41 Å². The lowest BCUT2D eigenvalue weighted by Crippen LogP contribution is -2.44. The van der Waals surface area contributed by atoms with Crippen molar-refractivity contribution in [1.82, 2.24) is 5.32 Å². The second kappa shape index (κ2) is 6.74. The summed E-state index contributed by atoms with van der Waals surface area (Å²) in [6.07, 6.45) is 1.66. The number of rotatable bonds is 4. The van der Waals surface area contributed by atoms with E-state index in [1.165, 1.54) is 0 Å². The first kappa shape index (κ1) is 14.8. The van der Waals surface area contributed by atoms with Crippen LogP contribution in [0, 0.1) is 16.7 Å². The van der Waals surface area contributed by atoms with Crippen LogP contribution in [0.5, 0.6) is 0 Å². The van der Waals surface area contributed by atoms with Gasteiger partial charge in [0.15, 0.2) is 0 Å². The fourth-order valence-electron chi connectivity index (χ4n) is 2.25. The summed E-state index contributed by atoms with van der Waals surface area (Å²) in [6, 6.07) is 9.69. The van der Waals surface area contributed by atoms with Crippen LogP contribution in [0.2, 0.25) is 5.02 Å². The van der Waals surface area contributed by atoms with E-state index in [0.29, 0.717) is 37.6 Å². The van der Waals surface area contributed by atoms with Crippen molar-refractivity contribution in [3.8, 4) is 6.07 Å². The van der Waals surface area contributed by atoms with Gasteiger partial charge in [-0.2, -0.15) is 5.26 Å². The highest BCUT2D eigenvalue weighted by molar-refractivity contribution is 6.30. The fraction of sp³-hybridized carbons (Fsp3) is 0.467. The van der Waals surface area contributed by atoms with Gasteiger partial charge in [0.05, 0.1) is 6.07 Å². The molecule has 1 amide bonds. The molecule has 0 aromatic heterocycles.